The summed E-state index contributed by atoms with van der Waals surface area (Å²) in [6, 6.07) is 16.6. The van der Waals surface area contributed by atoms with E-state index >= 15 is 0 Å². The first kappa shape index (κ1) is 23.5. The van der Waals surface area contributed by atoms with Crippen LogP contribution in [0.15, 0.2) is 58.6 Å². The summed E-state index contributed by atoms with van der Waals surface area (Å²) in [5, 5.41) is 10.2. The van der Waals surface area contributed by atoms with Crippen LogP contribution in [0, 0.1) is 25.2 Å². The zero-order valence-electron chi connectivity index (χ0n) is 17.8. The number of aromatic nitrogens is 1. The summed E-state index contributed by atoms with van der Waals surface area (Å²) in [7, 11) is 1.52. The molecule has 2 aromatic carbocycles. The van der Waals surface area contributed by atoms with Crippen molar-refractivity contribution >= 4 is 39.5 Å². The molecule has 0 saturated carbocycles. The number of carbonyl (C=O) groups is 1. The minimum Gasteiger partial charge on any atom is -0.493 e. The summed E-state index contributed by atoms with van der Waals surface area (Å²) in [5.74, 6) is 0.433. The predicted molar refractivity (Wildman–Crippen MR) is 128 cm³/mol. The number of halogens is 2. The van der Waals surface area contributed by atoms with E-state index in [4.69, 9.17) is 21.1 Å². The number of carbonyl (C=O) groups excluding carboxylic acids is 1. The molecule has 3 aromatic rings. The number of aryl methyl sites for hydroxylation is 2. The average Bonchev–Trinajstić information content (AvgIpc) is 3.09. The molecule has 164 valence electrons. The summed E-state index contributed by atoms with van der Waals surface area (Å²) >= 11 is 9.69. The first-order valence-corrected chi connectivity index (χ1v) is 10.8. The van der Waals surface area contributed by atoms with Gasteiger partial charge in [0.25, 0.3) is 5.91 Å². The minimum atomic E-state index is -0.510. The van der Waals surface area contributed by atoms with Gasteiger partial charge in [-0.2, -0.15) is 5.26 Å². The van der Waals surface area contributed by atoms with Gasteiger partial charge in [0, 0.05) is 22.0 Å². The van der Waals surface area contributed by atoms with Crippen LogP contribution in [0.3, 0.4) is 0 Å². The van der Waals surface area contributed by atoms with E-state index in [0.717, 1.165) is 17.0 Å². The lowest BCUT2D eigenvalue weighted by atomic mass is 10.1. The first-order chi connectivity index (χ1) is 15.3. The number of hydrogen-bond donors (Lipinski definition) is 1. The number of rotatable bonds is 7. The third kappa shape index (κ3) is 5.34. The van der Waals surface area contributed by atoms with Crippen LogP contribution in [0.4, 0.5) is 0 Å². The Bertz CT molecular complexity index is 1210. The van der Waals surface area contributed by atoms with Gasteiger partial charge in [0.15, 0.2) is 11.5 Å². The van der Waals surface area contributed by atoms with Crippen molar-refractivity contribution in [3.63, 3.8) is 0 Å². The van der Waals surface area contributed by atoms with Crippen molar-refractivity contribution in [1.82, 2.24) is 4.68 Å². The standard InChI is InChI=1S/C24H21BrClN3O3/c1-15-8-9-16(2)29(15)28-24(30)19(13-27)10-17-11-20(25)23(22(12-17)31-3)32-14-18-6-4-5-7-21(18)26/h4-12H,14H2,1-3H3,(H,28,30)/b19-10-. The lowest BCUT2D eigenvalue weighted by molar-refractivity contribution is -0.113. The molecular weight excluding hydrogens is 494 g/mol. The van der Waals surface area contributed by atoms with E-state index in [0.29, 0.717) is 26.6 Å². The van der Waals surface area contributed by atoms with Gasteiger partial charge in [-0.3, -0.25) is 14.9 Å². The molecular formula is C24H21BrClN3O3. The van der Waals surface area contributed by atoms with E-state index in [9.17, 15) is 10.1 Å². The van der Waals surface area contributed by atoms with Crippen LogP contribution < -0.4 is 14.9 Å². The lowest BCUT2D eigenvalue weighted by Gasteiger charge is -2.14. The fraction of sp³-hybridized carbons (Fsp3) is 0.167. The quantitative estimate of drug-likeness (QED) is 0.320. The van der Waals surface area contributed by atoms with Gasteiger partial charge < -0.3 is 9.47 Å². The zero-order chi connectivity index (χ0) is 23.3. The first-order valence-electron chi connectivity index (χ1n) is 9.66. The van der Waals surface area contributed by atoms with Gasteiger partial charge in [0.1, 0.15) is 18.2 Å². The Morgan fingerprint density at radius 1 is 1.22 bits per heavy atom. The molecule has 1 heterocycles. The van der Waals surface area contributed by atoms with Gasteiger partial charge in [-0.05, 0) is 71.7 Å². The fourth-order valence-electron chi connectivity index (χ4n) is 3.05. The number of benzene rings is 2. The Balaban J connectivity index is 1.85. The topological polar surface area (TPSA) is 76.3 Å². The number of nitriles is 1. The molecule has 3 rings (SSSR count). The maximum absolute atomic E-state index is 12.6. The van der Waals surface area contributed by atoms with Crippen molar-refractivity contribution in [1.29, 1.82) is 5.26 Å². The normalized spacial score (nSPS) is 11.1. The number of amides is 1. The zero-order valence-corrected chi connectivity index (χ0v) is 20.1. The summed E-state index contributed by atoms with van der Waals surface area (Å²) in [4.78, 5) is 12.6. The molecule has 0 bridgehead atoms. The lowest BCUT2D eigenvalue weighted by Crippen LogP contribution is -2.25. The minimum absolute atomic E-state index is 0.0452. The Kier molecular flexibility index (Phi) is 7.62. The van der Waals surface area contributed by atoms with Crippen LogP contribution in [-0.2, 0) is 11.4 Å². The van der Waals surface area contributed by atoms with E-state index < -0.39 is 5.91 Å². The van der Waals surface area contributed by atoms with E-state index in [1.807, 2.05) is 50.2 Å². The molecule has 6 nitrogen and oxygen atoms in total. The van der Waals surface area contributed by atoms with Gasteiger partial charge in [0.2, 0.25) is 0 Å². The van der Waals surface area contributed by atoms with Gasteiger partial charge in [-0.15, -0.1) is 0 Å². The molecule has 1 amide bonds. The van der Waals surface area contributed by atoms with Crippen LogP contribution >= 0.6 is 27.5 Å². The van der Waals surface area contributed by atoms with Gasteiger partial charge >= 0.3 is 0 Å². The fourth-order valence-corrected chi connectivity index (χ4v) is 3.81. The van der Waals surface area contributed by atoms with Crippen molar-refractivity contribution in [3.8, 4) is 17.6 Å². The van der Waals surface area contributed by atoms with Crippen LogP contribution in [-0.4, -0.2) is 17.7 Å². The summed E-state index contributed by atoms with van der Waals surface area (Å²) in [6.45, 7) is 3.99. The van der Waals surface area contributed by atoms with Gasteiger partial charge in [-0.25, -0.2) is 0 Å². The highest BCUT2D eigenvalue weighted by atomic mass is 79.9. The van der Waals surface area contributed by atoms with E-state index in [1.54, 1.807) is 22.9 Å². The third-order valence-electron chi connectivity index (χ3n) is 4.74. The SMILES string of the molecule is COc1cc(/C=C(/C#N)C(=O)Nn2c(C)ccc2C)cc(Br)c1OCc1ccccc1Cl. The number of methoxy groups -OCH3 is 1. The Morgan fingerprint density at radius 2 is 1.91 bits per heavy atom. The second kappa shape index (κ2) is 10.4. The maximum atomic E-state index is 12.6. The van der Waals surface area contributed by atoms with Crippen LogP contribution in [0.5, 0.6) is 11.5 Å². The van der Waals surface area contributed by atoms with Crippen molar-refractivity contribution < 1.29 is 14.3 Å². The highest BCUT2D eigenvalue weighted by molar-refractivity contribution is 9.10. The van der Waals surface area contributed by atoms with Crippen molar-refractivity contribution in [2.45, 2.75) is 20.5 Å². The summed E-state index contributed by atoms with van der Waals surface area (Å²) in [5.41, 5.74) is 5.85. The molecule has 0 atom stereocenters. The summed E-state index contributed by atoms with van der Waals surface area (Å²) in [6.07, 6.45) is 1.49. The number of nitrogens with zero attached hydrogens (tertiary/aromatic N) is 2. The second-order valence-electron chi connectivity index (χ2n) is 6.98. The highest BCUT2D eigenvalue weighted by Crippen LogP contribution is 2.38. The van der Waals surface area contributed by atoms with Gasteiger partial charge in [-0.1, -0.05) is 29.8 Å². The average molecular weight is 515 g/mol. The smallest absolute Gasteiger partial charge is 0.280 e. The molecule has 32 heavy (non-hydrogen) atoms. The Morgan fingerprint density at radius 3 is 2.53 bits per heavy atom. The molecule has 0 radical (unpaired) electrons. The second-order valence-corrected chi connectivity index (χ2v) is 8.24. The van der Waals surface area contributed by atoms with Crippen molar-refractivity contribution in [3.05, 3.63) is 86.1 Å². The van der Waals surface area contributed by atoms with E-state index in [-0.39, 0.29) is 12.2 Å². The number of nitrogens with one attached hydrogen (secondary N) is 1. The molecule has 0 saturated heterocycles. The monoisotopic (exact) mass is 513 g/mol. The van der Waals surface area contributed by atoms with Crippen LogP contribution in [0.1, 0.15) is 22.5 Å². The summed E-state index contributed by atoms with van der Waals surface area (Å²) < 4.78 is 13.7. The Hall–Kier alpha value is -3.21. The largest absolute Gasteiger partial charge is 0.493 e. The molecule has 0 aliphatic carbocycles. The molecule has 0 spiro atoms. The molecule has 0 aliphatic heterocycles. The molecule has 0 fully saturated rings. The number of ether oxygens (including phenoxy) is 2. The molecule has 0 aliphatic rings. The van der Waals surface area contributed by atoms with Crippen molar-refractivity contribution in [2.75, 3.05) is 12.5 Å². The highest BCUT2D eigenvalue weighted by Gasteiger charge is 2.15. The molecule has 1 N–H and O–H groups in total. The van der Waals surface area contributed by atoms with E-state index in [1.165, 1.54) is 13.2 Å². The van der Waals surface area contributed by atoms with Crippen LogP contribution in [0.2, 0.25) is 5.02 Å². The maximum Gasteiger partial charge on any atom is 0.280 e. The van der Waals surface area contributed by atoms with E-state index in [2.05, 4.69) is 21.4 Å². The molecule has 8 heteroatoms. The van der Waals surface area contributed by atoms with Crippen molar-refractivity contribution in [2.24, 2.45) is 0 Å². The van der Waals surface area contributed by atoms with Gasteiger partial charge in [0.05, 0.1) is 11.6 Å². The third-order valence-corrected chi connectivity index (χ3v) is 5.70. The Labute approximate surface area is 200 Å². The number of hydrogen-bond acceptors (Lipinski definition) is 4. The van der Waals surface area contributed by atoms with Crippen LogP contribution in [0.25, 0.3) is 6.08 Å². The molecule has 1 aromatic heterocycles. The molecule has 0 unspecified atom stereocenters. The predicted octanol–water partition coefficient (Wildman–Crippen LogP) is 5.79.